The maximum absolute atomic E-state index is 12.6. The fraction of sp³-hybridized carbons (Fsp3) is 0.300. The largest absolute Gasteiger partial charge is 0.352 e. The minimum Gasteiger partial charge on any atom is -0.352 e. The molecule has 6 heteroatoms. The first-order valence-electron chi connectivity index (χ1n) is 8.91. The maximum atomic E-state index is 12.6. The number of hydrogen-bond acceptors (Lipinski definition) is 3. The summed E-state index contributed by atoms with van der Waals surface area (Å²) in [6, 6.07) is 16.0. The van der Waals surface area contributed by atoms with Crippen molar-refractivity contribution in [2.75, 3.05) is 18.0 Å². The van der Waals surface area contributed by atoms with Crippen molar-refractivity contribution >= 4 is 38.8 Å². The highest BCUT2D eigenvalue weighted by Gasteiger charge is 2.27. The smallest absolute Gasteiger partial charge is 0.225 e. The van der Waals surface area contributed by atoms with E-state index in [-0.39, 0.29) is 11.8 Å². The van der Waals surface area contributed by atoms with Crippen LogP contribution in [0.15, 0.2) is 53.0 Å². The van der Waals surface area contributed by atoms with Gasteiger partial charge < -0.3 is 15.2 Å². The first-order valence-corrected chi connectivity index (χ1v) is 9.70. The van der Waals surface area contributed by atoms with E-state index in [1.54, 1.807) is 0 Å². The molecule has 26 heavy (non-hydrogen) atoms. The van der Waals surface area contributed by atoms with E-state index < -0.39 is 0 Å². The van der Waals surface area contributed by atoms with Gasteiger partial charge in [0.15, 0.2) is 0 Å². The summed E-state index contributed by atoms with van der Waals surface area (Å²) in [5, 5.41) is 3.07. The molecular formula is C20H21BrN4O. The fourth-order valence-electron chi connectivity index (χ4n) is 3.43. The van der Waals surface area contributed by atoms with E-state index in [1.807, 2.05) is 48.5 Å². The van der Waals surface area contributed by atoms with E-state index in [0.29, 0.717) is 13.1 Å². The van der Waals surface area contributed by atoms with E-state index in [1.165, 1.54) is 0 Å². The summed E-state index contributed by atoms with van der Waals surface area (Å²) >= 11 is 3.49. The minimum absolute atomic E-state index is 0.00703. The van der Waals surface area contributed by atoms with Crippen LogP contribution in [0.5, 0.6) is 0 Å². The van der Waals surface area contributed by atoms with Crippen molar-refractivity contribution in [3.05, 3.63) is 58.6 Å². The molecule has 2 N–H and O–H groups in total. The number of piperidine rings is 1. The predicted molar refractivity (Wildman–Crippen MR) is 107 cm³/mol. The van der Waals surface area contributed by atoms with Crippen LogP contribution in [0, 0.1) is 5.92 Å². The number of fused-ring (bicyclic) bond motifs is 1. The molecule has 0 radical (unpaired) electrons. The van der Waals surface area contributed by atoms with Gasteiger partial charge in [-0.2, -0.15) is 0 Å². The number of imidazole rings is 1. The molecule has 2 aromatic carbocycles. The summed E-state index contributed by atoms with van der Waals surface area (Å²) in [6.07, 6.45) is 1.91. The molecule has 0 bridgehead atoms. The third-order valence-corrected chi connectivity index (χ3v) is 5.33. The number of amides is 1. The monoisotopic (exact) mass is 412 g/mol. The van der Waals surface area contributed by atoms with Crippen LogP contribution in [0.3, 0.4) is 0 Å². The van der Waals surface area contributed by atoms with E-state index in [0.717, 1.165) is 46.4 Å². The lowest BCUT2D eigenvalue weighted by molar-refractivity contribution is -0.125. The third-order valence-electron chi connectivity index (χ3n) is 4.83. The van der Waals surface area contributed by atoms with Crippen molar-refractivity contribution < 1.29 is 4.79 Å². The highest BCUT2D eigenvalue weighted by atomic mass is 79.9. The number of nitrogens with zero attached hydrogens (tertiary/aromatic N) is 2. The van der Waals surface area contributed by atoms with Gasteiger partial charge in [0.25, 0.3) is 0 Å². The molecule has 1 aromatic heterocycles. The van der Waals surface area contributed by atoms with Gasteiger partial charge in [0.05, 0.1) is 17.0 Å². The summed E-state index contributed by atoms with van der Waals surface area (Å²) in [4.78, 5) is 22.8. The Labute approximate surface area is 160 Å². The van der Waals surface area contributed by atoms with Crippen LogP contribution in [0.2, 0.25) is 0 Å². The fourth-order valence-corrected chi connectivity index (χ4v) is 3.79. The second-order valence-electron chi connectivity index (χ2n) is 6.71. The molecule has 1 aliphatic rings. The summed E-state index contributed by atoms with van der Waals surface area (Å²) in [5.41, 5.74) is 3.07. The molecule has 1 fully saturated rings. The van der Waals surface area contributed by atoms with Gasteiger partial charge in [0, 0.05) is 24.1 Å². The quantitative estimate of drug-likeness (QED) is 0.683. The predicted octanol–water partition coefficient (Wildman–Crippen LogP) is 3.86. The van der Waals surface area contributed by atoms with Crippen molar-refractivity contribution in [3.8, 4) is 0 Å². The Morgan fingerprint density at radius 1 is 1.27 bits per heavy atom. The van der Waals surface area contributed by atoms with Crippen LogP contribution in [-0.2, 0) is 11.3 Å². The van der Waals surface area contributed by atoms with Crippen molar-refractivity contribution in [2.45, 2.75) is 19.4 Å². The number of carbonyl (C=O) groups is 1. The van der Waals surface area contributed by atoms with Crippen LogP contribution in [-0.4, -0.2) is 29.0 Å². The van der Waals surface area contributed by atoms with E-state index in [9.17, 15) is 4.79 Å². The van der Waals surface area contributed by atoms with Gasteiger partial charge in [-0.3, -0.25) is 4.79 Å². The standard InChI is InChI=1S/C20H21BrN4O/c21-16-8-9-17-18(11-16)24-20(23-17)25-10-4-7-15(13-25)19(26)22-12-14-5-2-1-3-6-14/h1-3,5-6,8-9,11,15H,4,7,10,12-13H2,(H,22,26)(H,23,24)/t15-/m0/s1. The van der Waals surface area contributed by atoms with Crippen LogP contribution in [0.1, 0.15) is 18.4 Å². The number of hydrogen-bond donors (Lipinski definition) is 2. The molecule has 134 valence electrons. The van der Waals surface area contributed by atoms with Crippen molar-refractivity contribution in [2.24, 2.45) is 5.92 Å². The second-order valence-corrected chi connectivity index (χ2v) is 7.63. The van der Waals surface area contributed by atoms with Crippen molar-refractivity contribution in [1.29, 1.82) is 0 Å². The van der Waals surface area contributed by atoms with Crippen molar-refractivity contribution in [1.82, 2.24) is 15.3 Å². The van der Waals surface area contributed by atoms with Crippen LogP contribution < -0.4 is 10.2 Å². The molecule has 1 atom stereocenters. The van der Waals surface area contributed by atoms with E-state index in [2.05, 4.69) is 36.1 Å². The molecule has 5 nitrogen and oxygen atoms in total. The average Bonchev–Trinajstić information content (AvgIpc) is 3.10. The number of halogens is 1. The minimum atomic E-state index is -0.00703. The molecule has 1 saturated heterocycles. The lowest BCUT2D eigenvalue weighted by Crippen LogP contribution is -2.43. The zero-order chi connectivity index (χ0) is 17.9. The molecule has 4 rings (SSSR count). The molecular weight excluding hydrogens is 392 g/mol. The summed E-state index contributed by atoms with van der Waals surface area (Å²) in [7, 11) is 0. The van der Waals surface area contributed by atoms with Gasteiger partial charge in [0.2, 0.25) is 11.9 Å². The second kappa shape index (κ2) is 7.50. The van der Waals surface area contributed by atoms with E-state index >= 15 is 0 Å². The Morgan fingerprint density at radius 2 is 2.12 bits per heavy atom. The highest BCUT2D eigenvalue weighted by molar-refractivity contribution is 9.10. The Balaban J connectivity index is 1.42. The lowest BCUT2D eigenvalue weighted by Gasteiger charge is -2.31. The van der Waals surface area contributed by atoms with Gasteiger partial charge in [0.1, 0.15) is 0 Å². The summed E-state index contributed by atoms with van der Waals surface area (Å²) in [5.74, 6) is 0.962. The number of benzene rings is 2. The van der Waals surface area contributed by atoms with E-state index in [4.69, 9.17) is 0 Å². The number of H-pyrrole nitrogens is 1. The average molecular weight is 413 g/mol. The van der Waals surface area contributed by atoms with Gasteiger partial charge in [-0.25, -0.2) is 4.98 Å². The Bertz CT molecular complexity index is 909. The lowest BCUT2D eigenvalue weighted by atomic mass is 9.97. The van der Waals surface area contributed by atoms with Crippen molar-refractivity contribution in [3.63, 3.8) is 0 Å². The number of anilines is 1. The highest BCUT2D eigenvalue weighted by Crippen LogP contribution is 2.25. The van der Waals surface area contributed by atoms with Gasteiger partial charge in [-0.05, 0) is 36.6 Å². The maximum Gasteiger partial charge on any atom is 0.225 e. The number of nitrogens with one attached hydrogen (secondary N) is 2. The third kappa shape index (κ3) is 3.75. The van der Waals surface area contributed by atoms with Gasteiger partial charge >= 0.3 is 0 Å². The molecule has 0 saturated carbocycles. The zero-order valence-electron chi connectivity index (χ0n) is 14.4. The van der Waals surface area contributed by atoms with Gasteiger partial charge in [-0.1, -0.05) is 46.3 Å². The molecule has 0 unspecified atom stereocenters. The Hall–Kier alpha value is -2.34. The first-order chi connectivity index (χ1) is 12.7. The van der Waals surface area contributed by atoms with Crippen LogP contribution >= 0.6 is 15.9 Å². The first kappa shape index (κ1) is 17.1. The number of carbonyl (C=O) groups excluding carboxylic acids is 1. The number of aromatic amines is 1. The topological polar surface area (TPSA) is 61.0 Å². The molecule has 1 amide bonds. The number of rotatable bonds is 4. The Kier molecular flexibility index (Phi) is 4.93. The Morgan fingerprint density at radius 3 is 2.96 bits per heavy atom. The number of aromatic nitrogens is 2. The zero-order valence-corrected chi connectivity index (χ0v) is 16.0. The van der Waals surface area contributed by atoms with Crippen LogP contribution in [0.4, 0.5) is 5.95 Å². The van der Waals surface area contributed by atoms with Crippen LogP contribution in [0.25, 0.3) is 11.0 Å². The molecule has 2 heterocycles. The molecule has 0 spiro atoms. The molecule has 1 aliphatic heterocycles. The van der Waals surface area contributed by atoms with Gasteiger partial charge in [-0.15, -0.1) is 0 Å². The molecule has 0 aliphatic carbocycles. The SMILES string of the molecule is O=C(NCc1ccccc1)[C@H]1CCCN(c2nc3ccc(Br)cc3[nH]2)C1. The normalized spacial score (nSPS) is 17.4. The summed E-state index contributed by atoms with van der Waals surface area (Å²) in [6.45, 7) is 2.19. The summed E-state index contributed by atoms with van der Waals surface area (Å²) < 4.78 is 1.03. The molecule has 3 aromatic rings.